The third-order valence-corrected chi connectivity index (χ3v) is 5.61. The molecule has 1 N–H and O–H groups in total. The number of carbonyl (C=O) groups excluding carboxylic acids is 2. The first-order valence-corrected chi connectivity index (χ1v) is 10.8. The van der Waals surface area contributed by atoms with Crippen molar-refractivity contribution in [2.45, 2.75) is 45.8 Å². The van der Waals surface area contributed by atoms with Crippen molar-refractivity contribution in [1.82, 2.24) is 10.2 Å². The quantitative estimate of drug-likeness (QED) is 0.536. The van der Waals surface area contributed by atoms with Gasteiger partial charge in [-0.3, -0.25) is 9.59 Å². The Morgan fingerprint density at radius 2 is 1.77 bits per heavy atom. The van der Waals surface area contributed by atoms with Gasteiger partial charge in [0.1, 0.15) is 11.8 Å². The number of hydrogen-bond donors (Lipinski definition) is 1. The molecule has 0 aliphatic carbocycles. The Morgan fingerprint density at radius 3 is 2.40 bits per heavy atom. The summed E-state index contributed by atoms with van der Waals surface area (Å²) in [5.41, 5.74) is 0.736. The maximum absolute atomic E-state index is 13.0. The van der Waals surface area contributed by atoms with E-state index in [4.69, 9.17) is 39.5 Å². The van der Waals surface area contributed by atoms with E-state index in [1.807, 2.05) is 32.0 Å². The van der Waals surface area contributed by atoms with Crippen LogP contribution in [0.1, 0.15) is 32.8 Å². The average molecular weight is 472 g/mol. The van der Waals surface area contributed by atoms with E-state index >= 15 is 0 Å². The van der Waals surface area contributed by atoms with Gasteiger partial charge in [-0.05, 0) is 50.1 Å². The molecular weight excluding hydrogens is 447 g/mol. The largest absolute Gasteiger partial charge is 0.482 e. The number of ether oxygens (including phenoxy) is 1. The summed E-state index contributed by atoms with van der Waals surface area (Å²) in [6.45, 7) is 5.46. The monoisotopic (exact) mass is 470 g/mol. The molecule has 0 unspecified atom stereocenters. The molecule has 2 amide bonds. The molecule has 8 heteroatoms. The Bertz CT molecular complexity index is 892. The second-order valence-corrected chi connectivity index (χ2v) is 8.22. The number of halogens is 3. The highest BCUT2D eigenvalue weighted by Crippen LogP contribution is 2.27. The van der Waals surface area contributed by atoms with Crippen LogP contribution in [0, 0.1) is 0 Å². The van der Waals surface area contributed by atoms with Crippen molar-refractivity contribution < 1.29 is 14.3 Å². The molecule has 0 aliphatic heterocycles. The van der Waals surface area contributed by atoms with Gasteiger partial charge in [-0.25, -0.2) is 0 Å². The van der Waals surface area contributed by atoms with Gasteiger partial charge in [-0.15, -0.1) is 0 Å². The summed E-state index contributed by atoms with van der Waals surface area (Å²) in [6, 6.07) is 11.2. The van der Waals surface area contributed by atoms with Crippen LogP contribution in [-0.2, 0) is 16.1 Å². The summed E-state index contributed by atoms with van der Waals surface area (Å²) >= 11 is 18.3. The number of carbonyl (C=O) groups is 2. The van der Waals surface area contributed by atoms with Crippen LogP contribution in [0.3, 0.4) is 0 Å². The standard InChI is InChI=1S/C22H25Cl3N2O3/c1-4-14(2)26-22(29)15(3)27(12-16-7-5-6-8-18(16)24)21(28)13-30-20-10-9-17(23)11-19(20)25/h5-11,14-15H,4,12-13H2,1-3H3,(H,26,29)/t14-,15-/m0/s1. The molecule has 0 saturated carbocycles. The van der Waals surface area contributed by atoms with Crippen molar-refractivity contribution in [3.8, 4) is 5.75 Å². The first-order valence-electron chi connectivity index (χ1n) is 9.64. The van der Waals surface area contributed by atoms with Gasteiger partial charge in [0, 0.05) is 22.6 Å². The summed E-state index contributed by atoms with van der Waals surface area (Å²) in [4.78, 5) is 27.2. The summed E-state index contributed by atoms with van der Waals surface area (Å²) in [5, 5.41) is 4.20. The van der Waals surface area contributed by atoms with Crippen molar-refractivity contribution in [2.24, 2.45) is 0 Å². The molecule has 0 saturated heterocycles. The van der Waals surface area contributed by atoms with Crippen LogP contribution in [-0.4, -0.2) is 35.4 Å². The van der Waals surface area contributed by atoms with Gasteiger partial charge in [-0.2, -0.15) is 0 Å². The minimum atomic E-state index is -0.716. The van der Waals surface area contributed by atoms with Crippen LogP contribution in [0.5, 0.6) is 5.75 Å². The predicted octanol–water partition coefficient (Wildman–Crippen LogP) is 5.36. The number of hydrogen-bond acceptors (Lipinski definition) is 3. The molecule has 0 bridgehead atoms. The average Bonchev–Trinajstić information content (AvgIpc) is 2.71. The molecular formula is C22H25Cl3N2O3. The molecule has 2 atom stereocenters. The fourth-order valence-electron chi connectivity index (χ4n) is 2.67. The Morgan fingerprint density at radius 1 is 1.07 bits per heavy atom. The van der Waals surface area contributed by atoms with Crippen molar-refractivity contribution in [3.05, 3.63) is 63.1 Å². The minimum Gasteiger partial charge on any atom is -0.482 e. The molecule has 0 fully saturated rings. The fourth-order valence-corrected chi connectivity index (χ4v) is 3.33. The molecule has 0 aromatic heterocycles. The van der Waals surface area contributed by atoms with Crippen LogP contribution in [0.2, 0.25) is 15.1 Å². The lowest BCUT2D eigenvalue weighted by Gasteiger charge is -2.30. The van der Waals surface area contributed by atoms with Gasteiger partial charge in [0.05, 0.1) is 5.02 Å². The summed E-state index contributed by atoms with van der Waals surface area (Å²) in [5.74, 6) is -0.272. The SMILES string of the molecule is CC[C@H](C)NC(=O)[C@H](C)N(Cc1ccccc1Cl)C(=O)COc1ccc(Cl)cc1Cl. The van der Waals surface area contributed by atoms with Crippen molar-refractivity contribution in [2.75, 3.05) is 6.61 Å². The molecule has 0 spiro atoms. The number of nitrogens with one attached hydrogen (secondary N) is 1. The summed E-state index contributed by atoms with van der Waals surface area (Å²) < 4.78 is 5.59. The van der Waals surface area contributed by atoms with Crippen LogP contribution < -0.4 is 10.1 Å². The van der Waals surface area contributed by atoms with Gasteiger partial charge in [0.15, 0.2) is 6.61 Å². The first kappa shape index (κ1) is 24.3. The van der Waals surface area contributed by atoms with Crippen molar-refractivity contribution in [3.63, 3.8) is 0 Å². The van der Waals surface area contributed by atoms with E-state index in [2.05, 4.69) is 5.32 Å². The Hall–Kier alpha value is -1.95. The zero-order chi connectivity index (χ0) is 22.3. The van der Waals surface area contributed by atoms with Crippen molar-refractivity contribution >= 4 is 46.6 Å². The van der Waals surface area contributed by atoms with Gasteiger partial charge in [-0.1, -0.05) is 59.9 Å². The third-order valence-electron chi connectivity index (χ3n) is 4.71. The van der Waals surface area contributed by atoms with E-state index in [1.165, 1.54) is 11.0 Å². The summed E-state index contributed by atoms with van der Waals surface area (Å²) in [7, 11) is 0. The van der Waals surface area contributed by atoms with E-state index in [-0.39, 0.29) is 31.0 Å². The number of benzene rings is 2. The lowest BCUT2D eigenvalue weighted by molar-refractivity contribution is -0.142. The van der Waals surface area contributed by atoms with E-state index in [0.717, 1.165) is 12.0 Å². The molecule has 162 valence electrons. The van der Waals surface area contributed by atoms with Crippen LogP contribution in [0.25, 0.3) is 0 Å². The highest BCUT2D eigenvalue weighted by atomic mass is 35.5. The Kier molecular flexibility index (Phi) is 9.28. The van der Waals surface area contributed by atoms with Crippen LogP contribution in [0.4, 0.5) is 0 Å². The van der Waals surface area contributed by atoms with Crippen molar-refractivity contribution in [1.29, 1.82) is 0 Å². The lowest BCUT2D eigenvalue weighted by atomic mass is 10.1. The number of amides is 2. The molecule has 2 aromatic carbocycles. The molecule has 0 radical (unpaired) electrons. The molecule has 2 rings (SSSR count). The van der Waals surface area contributed by atoms with Crippen LogP contribution >= 0.6 is 34.8 Å². The smallest absolute Gasteiger partial charge is 0.261 e. The van der Waals surface area contributed by atoms with E-state index in [1.54, 1.807) is 25.1 Å². The number of nitrogens with zero attached hydrogens (tertiary/aromatic N) is 1. The molecule has 0 heterocycles. The predicted molar refractivity (Wildman–Crippen MR) is 121 cm³/mol. The third kappa shape index (κ3) is 6.79. The maximum atomic E-state index is 13.0. The highest BCUT2D eigenvalue weighted by Gasteiger charge is 2.27. The van der Waals surface area contributed by atoms with Gasteiger partial charge in [0.25, 0.3) is 5.91 Å². The van der Waals surface area contributed by atoms with Crippen LogP contribution in [0.15, 0.2) is 42.5 Å². The summed E-state index contributed by atoms with van der Waals surface area (Å²) in [6.07, 6.45) is 0.787. The highest BCUT2D eigenvalue weighted by molar-refractivity contribution is 6.35. The van der Waals surface area contributed by atoms with E-state index in [0.29, 0.717) is 20.8 Å². The van der Waals surface area contributed by atoms with E-state index in [9.17, 15) is 9.59 Å². The molecule has 2 aromatic rings. The fraction of sp³-hybridized carbons (Fsp3) is 0.364. The molecule has 5 nitrogen and oxygen atoms in total. The first-order chi connectivity index (χ1) is 14.2. The second kappa shape index (κ2) is 11.4. The second-order valence-electron chi connectivity index (χ2n) is 6.97. The topological polar surface area (TPSA) is 58.6 Å². The maximum Gasteiger partial charge on any atom is 0.261 e. The normalized spacial score (nSPS) is 12.7. The molecule has 30 heavy (non-hydrogen) atoms. The lowest BCUT2D eigenvalue weighted by Crippen LogP contribution is -2.50. The van der Waals surface area contributed by atoms with Gasteiger partial charge >= 0.3 is 0 Å². The number of rotatable bonds is 9. The van der Waals surface area contributed by atoms with Gasteiger partial charge < -0.3 is 15.0 Å². The zero-order valence-electron chi connectivity index (χ0n) is 17.1. The Labute approximate surface area is 192 Å². The zero-order valence-corrected chi connectivity index (χ0v) is 19.4. The van der Waals surface area contributed by atoms with E-state index < -0.39 is 6.04 Å². The van der Waals surface area contributed by atoms with Gasteiger partial charge in [0.2, 0.25) is 5.91 Å². The molecule has 0 aliphatic rings. The minimum absolute atomic E-state index is 0.00124. The Balaban J connectivity index is 2.19.